The average Bonchev–Trinajstić information content (AvgIpc) is 2.74. The molecular weight excluding hydrogens is 351 g/mol. The van der Waals surface area contributed by atoms with Crippen LogP contribution in [0, 0.1) is 6.92 Å². The molecule has 0 radical (unpaired) electrons. The molecule has 1 fully saturated rings. The number of pyridine rings is 1. The lowest BCUT2D eigenvalue weighted by atomic mass is 9.95. The molecule has 0 saturated carbocycles. The highest BCUT2D eigenvalue weighted by Gasteiger charge is 2.28. The standard InChI is InChI=1S/C16H26N4O2.2ClH/c1-12-15(14-2-3-17-6-13(14)7-20-12)8-19-10-16(21)9-18-4-5-22-11-16;;/h7,17-19,21H,2-6,8-11H2,1H3;2*1H. The van der Waals surface area contributed by atoms with Crippen molar-refractivity contribution in [3.8, 4) is 0 Å². The number of halogens is 2. The van der Waals surface area contributed by atoms with Crippen molar-refractivity contribution in [3.05, 3.63) is 28.6 Å². The van der Waals surface area contributed by atoms with Crippen molar-refractivity contribution in [2.75, 3.05) is 39.4 Å². The molecule has 8 heteroatoms. The van der Waals surface area contributed by atoms with Gasteiger partial charge < -0.3 is 25.8 Å². The van der Waals surface area contributed by atoms with E-state index >= 15 is 0 Å². The number of nitrogens with one attached hydrogen (secondary N) is 3. The summed E-state index contributed by atoms with van der Waals surface area (Å²) < 4.78 is 5.45. The van der Waals surface area contributed by atoms with E-state index in [1.165, 1.54) is 16.7 Å². The first kappa shape index (κ1) is 21.6. The number of hydrogen-bond donors (Lipinski definition) is 4. The Morgan fingerprint density at radius 2 is 2.17 bits per heavy atom. The van der Waals surface area contributed by atoms with Crippen molar-refractivity contribution in [2.45, 2.75) is 32.0 Å². The maximum atomic E-state index is 10.6. The highest BCUT2D eigenvalue weighted by molar-refractivity contribution is 5.85. The van der Waals surface area contributed by atoms with Crippen molar-refractivity contribution in [2.24, 2.45) is 0 Å². The molecule has 0 bridgehead atoms. The Balaban J connectivity index is 0.00000144. The highest BCUT2D eigenvalue weighted by atomic mass is 35.5. The summed E-state index contributed by atoms with van der Waals surface area (Å²) in [5.74, 6) is 0. The summed E-state index contributed by atoms with van der Waals surface area (Å²) >= 11 is 0. The van der Waals surface area contributed by atoms with E-state index in [4.69, 9.17) is 4.74 Å². The number of ether oxygens (including phenoxy) is 1. The van der Waals surface area contributed by atoms with E-state index in [2.05, 4.69) is 27.9 Å². The second-order valence-corrected chi connectivity index (χ2v) is 6.31. The quantitative estimate of drug-likeness (QED) is 0.604. The fourth-order valence-electron chi connectivity index (χ4n) is 3.19. The van der Waals surface area contributed by atoms with Crippen molar-refractivity contribution in [1.82, 2.24) is 20.9 Å². The summed E-state index contributed by atoms with van der Waals surface area (Å²) in [6.07, 6.45) is 3.03. The molecule has 138 valence electrons. The SMILES string of the molecule is Cc1ncc2c(c1CNCC1(O)CNCCOC1)CCNC2.Cl.Cl. The monoisotopic (exact) mass is 378 g/mol. The smallest absolute Gasteiger partial charge is 0.113 e. The summed E-state index contributed by atoms with van der Waals surface area (Å²) in [6, 6.07) is 0. The van der Waals surface area contributed by atoms with E-state index in [9.17, 15) is 5.11 Å². The number of nitrogens with zero attached hydrogens (tertiary/aromatic N) is 1. The van der Waals surface area contributed by atoms with E-state index < -0.39 is 5.60 Å². The van der Waals surface area contributed by atoms with Gasteiger partial charge >= 0.3 is 0 Å². The van der Waals surface area contributed by atoms with E-state index in [1.54, 1.807) is 0 Å². The topological polar surface area (TPSA) is 78.4 Å². The molecule has 2 aliphatic rings. The van der Waals surface area contributed by atoms with Crippen LogP contribution in [0.5, 0.6) is 0 Å². The van der Waals surface area contributed by atoms with Gasteiger partial charge in [0.2, 0.25) is 0 Å². The van der Waals surface area contributed by atoms with Crippen molar-refractivity contribution < 1.29 is 9.84 Å². The molecule has 1 aromatic rings. The van der Waals surface area contributed by atoms with Gasteiger partial charge in [-0.05, 0) is 36.6 Å². The number of aliphatic hydroxyl groups is 1. The molecule has 1 atom stereocenters. The number of aromatic nitrogens is 1. The fourth-order valence-corrected chi connectivity index (χ4v) is 3.19. The van der Waals surface area contributed by atoms with Gasteiger partial charge in [0.05, 0.1) is 13.2 Å². The molecule has 3 rings (SSSR count). The van der Waals surface area contributed by atoms with Gasteiger partial charge in [-0.15, -0.1) is 24.8 Å². The van der Waals surface area contributed by atoms with Gasteiger partial charge in [0.15, 0.2) is 0 Å². The minimum absolute atomic E-state index is 0. The molecule has 0 spiro atoms. The van der Waals surface area contributed by atoms with Crippen molar-refractivity contribution >= 4 is 24.8 Å². The predicted molar refractivity (Wildman–Crippen MR) is 99.2 cm³/mol. The first-order valence-corrected chi connectivity index (χ1v) is 8.06. The van der Waals surface area contributed by atoms with Crippen molar-refractivity contribution in [1.29, 1.82) is 0 Å². The third kappa shape index (κ3) is 5.26. The molecule has 0 amide bonds. The summed E-state index contributed by atoms with van der Waals surface area (Å²) in [4.78, 5) is 4.51. The van der Waals surface area contributed by atoms with E-state index in [1.807, 2.05) is 6.20 Å². The molecule has 0 aliphatic carbocycles. The molecule has 1 unspecified atom stereocenters. The van der Waals surface area contributed by atoms with Crippen LogP contribution in [0.1, 0.15) is 22.4 Å². The van der Waals surface area contributed by atoms with E-state index in [0.717, 1.165) is 38.3 Å². The summed E-state index contributed by atoms with van der Waals surface area (Å²) in [7, 11) is 0. The van der Waals surface area contributed by atoms with Crippen molar-refractivity contribution in [3.63, 3.8) is 0 Å². The Bertz CT molecular complexity index is 523. The molecule has 3 heterocycles. The Morgan fingerprint density at radius 3 is 3.00 bits per heavy atom. The van der Waals surface area contributed by atoms with Crippen LogP contribution in [0.3, 0.4) is 0 Å². The van der Waals surface area contributed by atoms with Crippen LogP contribution in [0.25, 0.3) is 0 Å². The third-order valence-corrected chi connectivity index (χ3v) is 4.47. The summed E-state index contributed by atoms with van der Waals surface area (Å²) in [5, 5.41) is 20.6. The van der Waals surface area contributed by atoms with Gasteiger partial charge in [-0.25, -0.2) is 0 Å². The van der Waals surface area contributed by atoms with Gasteiger partial charge in [0.1, 0.15) is 5.60 Å². The summed E-state index contributed by atoms with van der Waals surface area (Å²) in [5.41, 5.74) is 4.24. The second kappa shape index (κ2) is 9.87. The van der Waals surface area contributed by atoms with E-state index in [0.29, 0.717) is 26.3 Å². The molecule has 6 nitrogen and oxygen atoms in total. The van der Waals surface area contributed by atoms with Crippen LogP contribution in [0.15, 0.2) is 6.20 Å². The number of rotatable bonds is 4. The molecule has 0 aromatic carbocycles. The minimum Gasteiger partial charge on any atom is -0.385 e. The number of β-amino-alcohol motifs (C(OH)–C–C–N with tert-alkyl or cyclic N) is 1. The Kier molecular flexibility index (Phi) is 8.87. The number of aryl methyl sites for hydroxylation is 1. The first-order chi connectivity index (χ1) is 10.7. The van der Waals surface area contributed by atoms with Crippen LogP contribution in [-0.4, -0.2) is 55.1 Å². The normalized spacial score (nSPS) is 23.4. The lowest BCUT2D eigenvalue weighted by Crippen LogP contribution is -2.50. The molecule has 2 aliphatic heterocycles. The molecular formula is C16H28Cl2N4O2. The maximum absolute atomic E-state index is 10.6. The lowest BCUT2D eigenvalue weighted by Gasteiger charge is -2.27. The van der Waals surface area contributed by atoms with Gasteiger partial charge in [0, 0.05) is 44.6 Å². The third-order valence-electron chi connectivity index (χ3n) is 4.47. The molecule has 1 saturated heterocycles. The van der Waals surface area contributed by atoms with Crippen LogP contribution in [0.4, 0.5) is 0 Å². The number of hydrogen-bond acceptors (Lipinski definition) is 6. The number of fused-ring (bicyclic) bond motifs is 1. The first-order valence-electron chi connectivity index (χ1n) is 8.06. The largest absolute Gasteiger partial charge is 0.385 e. The van der Waals surface area contributed by atoms with Gasteiger partial charge in [-0.3, -0.25) is 4.98 Å². The van der Waals surface area contributed by atoms with Crippen LogP contribution in [0.2, 0.25) is 0 Å². The lowest BCUT2D eigenvalue weighted by molar-refractivity contribution is -0.0264. The summed E-state index contributed by atoms with van der Waals surface area (Å²) in [6.45, 7) is 7.63. The maximum Gasteiger partial charge on any atom is 0.113 e. The average molecular weight is 379 g/mol. The van der Waals surface area contributed by atoms with Gasteiger partial charge in [0.25, 0.3) is 0 Å². The zero-order valence-electron chi connectivity index (χ0n) is 14.1. The zero-order valence-corrected chi connectivity index (χ0v) is 15.7. The Hall–Kier alpha value is -0.470. The predicted octanol–water partition coefficient (Wildman–Crippen LogP) is 0.320. The molecule has 4 N–H and O–H groups in total. The molecule has 1 aromatic heterocycles. The van der Waals surface area contributed by atoms with E-state index in [-0.39, 0.29) is 24.8 Å². The Morgan fingerprint density at radius 1 is 1.33 bits per heavy atom. The minimum atomic E-state index is -0.839. The zero-order chi connectivity index (χ0) is 15.4. The van der Waals surface area contributed by atoms with Crippen LogP contribution >= 0.6 is 24.8 Å². The van der Waals surface area contributed by atoms with Crippen LogP contribution in [-0.2, 0) is 24.2 Å². The highest BCUT2D eigenvalue weighted by Crippen LogP contribution is 2.20. The fraction of sp³-hybridized carbons (Fsp3) is 0.688. The molecule has 24 heavy (non-hydrogen) atoms. The van der Waals surface area contributed by atoms with Crippen LogP contribution < -0.4 is 16.0 Å². The van der Waals surface area contributed by atoms with Gasteiger partial charge in [-0.2, -0.15) is 0 Å². The Labute approximate surface area is 156 Å². The second-order valence-electron chi connectivity index (χ2n) is 6.31. The van der Waals surface area contributed by atoms with Gasteiger partial charge in [-0.1, -0.05) is 0 Å².